The Bertz CT molecular complexity index is 989. The molecule has 2 aliphatic rings. The molecule has 1 aliphatic heterocycles. The lowest BCUT2D eigenvalue weighted by Crippen LogP contribution is -2.74. The fraction of sp³-hybridized carbons (Fsp3) is 0.474. The summed E-state index contributed by atoms with van der Waals surface area (Å²) in [7, 11) is 0. The molecule has 1 N–H and O–H groups in total. The van der Waals surface area contributed by atoms with Crippen molar-refractivity contribution in [1.29, 1.82) is 0 Å². The second-order valence-electron chi connectivity index (χ2n) is 8.32. The summed E-state index contributed by atoms with van der Waals surface area (Å²) in [5, 5.41) is 0.851. The lowest BCUT2D eigenvalue weighted by molar-refractivity contribution is -0.291. The van der Waals surface area contributed by atoms with Crippen LogP contribution in [0.3, 0.4) is 0 Å². The van der Waals surface area contributed by atoms with Crippen molar-refractivity contribution >= 4 is 17.5 Å². The molecule has 0 radical (unpaired) electrons. The lowest BCUT2D eigenvalue weighted by Gasteiger charge is -2.49. The van der Waals surface area contributed by atoms with Crippen LogP contribution in [0.15, 0.2) is 35.5 Å². The van der Waals surface area contributed by atoms with Crippen molar-refractivity contribution in [2.24, 2.45) is 5.41 Å². The summed E-state index contributed by atoms with van der Waals surface area (Å²) < 4.78 is 122. The molecule has 4 nitrogen and oxygen atoms in total. The number of carbonyl (C=O) groups is 2. The van der Waals surface area contributed by atoms with E-state index in [2.05, 4.69) is 0 Å². The van der Waals surface area contributed by atoms with E-state index in [4.69, 9.17) is 0 Å². The Labute approximate surface area is 175 Å². The maximum absolute atomic E-state index is 13.9. The first-order valence-electron chi connectivity index (χ1n) is 9.02. The van der Waals surface area contributed by atoms with E-state index < -0.39 is 76.7 Å². The number of carbonyl (C=O) groups excluding carboxylic acids is 2. The Hall–Kier alpha value is -2.73. The van der Waals surface area contributed by atoms with Crippen LogP contribution in [0.25, 0.3) is 0 Å². The highest BCUT2D eigenvalue weighted by Gasteiger charge is 2.77. The van der Waals surface area contributed by atoms with Crippen LogP contribution < -0.4 is 10.2 Å². The second kappa shape index (κ2) is 6.88. The van der Waals surface area contributed by atoms with Gasteiger partial charge in [0.1, 0.15) is 0 Å². The molecule has 0 bridgehead atoms. The summed E-state index contributed by atoms with van der Waals surface area (Å²) in [5.41, 5.74) is -10.7. The second-order valence-corrected chi connectivity index (χ2v) is 8.32. The molecule has 0 unspecified atom stereocenters. The molecule has 32 heavy (non-hydrogen) atoms. The standard InChI is InChI=1S/C19H15F9N2O2/c1-15(2)7-11-13(12(31)8-15)16(18(23,24)25,19(26,27)28)29-14(32)30(11)10-5-3-4-9(6-10)17(20,21)22/h3-6H,7-8H2,1-2H3,(H,29,32). The number of nitrogens with one attached hydrogen (secondary N) is 1. The minimum Gasteiger partial charge on any atom is -0.312 e. The van der Waals surface area contributed by atoms with Crippen LogP contribution in [0.2, 0.25) is 0 Å². The van der Waals surface area contributed by atoms with E-state index in [1.807, 2.05) is 0 Å². The number of anilines is 1. The van der Waals surface area contributed by atoms with Gasteiger partial charge in [-0.2, -0.15) is 39.5 Å². The molecule has 0 fully saturated rings. The Morgan fingerprint density at radius 3 is 1.97 bits per heavy atom. The topological polar surface area (TPSA) is 49.4 Å². The molecule has 2 amide bonds. The van der Waals surface area contributed by atoms with Gasteiger partial charge in [0, 0.05) is 12.1 Å². The van der Waals surface area contributed by atoms with Crippen LogP contribution in [-0.4, -0.2) is 29.7 Å². The number of hydrogen-bond donors (Lipinski definition) is 1. The van der Waals surface area contributed by atoms with Gasteiger partial charge in [-0.25, -0.2) is 4.79 Å². The van der Waals surface area contributed by atoms with Gasteiger partial charge in [-0.05, 0) is 30.0 Å². The highest BCUT2D eigenvalue weighted by atomic mass is 19.4. The number of allylic oxidation sites excluding steroid dienone is 1. The van der Waals surface area contributed by atoms with Crippen LogP contribution in [0.4, 0.5) is 50.0 Å². The summed E-state index contributed by atoms with van der Waals surface area (Å²) in [6.45, 7) is 2.77. The monoisotopic (exact) mass is 474 g/mol. The summed E-state index contributed by atoms with van der Waals surface area (Å²) in [5.74, 6) is -1.51. The van der Waals surface area contributed by atoms with Gasteiger partial charge in [0.05, 0.1) is 16.8 Å². The zero-order chi connectivity index (χ0) is 24.5. The third-order valence-corrected chi connectivity index (χ3v) is 5.28. The SMILES string of the molecule is CC1(C)CC(=O)C2=C(C1)N(c1cccc(C(F)(F)F)c1)C(=O)NC2(C(F)(F)F)C(F)(F)F. The molecule has 0 saturated carbocycles. The number of rotatable bonds is 1. The average Bonchev–Trinajstić information content (AvgIpc) is 2.57. The number of alkyl halides is 9. The van der Waals surface area contributed by atoms with Gasteiger partial charge in [0.15, 0.2) is 5.78 Å². The lowest BCUT2D eigenvalue weighted by atomic mass is 9.69. The van der Waals surface area contributed by atoms with E-state index >= 15 is 0 Å². The fourth-order valence-corrected chi connectivity index (χ4v) is 3.99. The largest absolute Gasteiger partial charge is 0.425 e. The quantitative estimate of drug-likeness (QED) is 0.528. The van der Waals surface area contributed by atoms with Gasteiger partial charge in [-0.1, -0.05) is 19.9 Å². The summed E-state index contributed by atoms with van der Waals surface area (Å²) in [6.07, 6.45) is -18.5. The summed E-state index contributed by atoms with van der Waals surface area (Å²) in [6, 6.07) is 0.830. The number of amides is 2. The van der Waals surface area contributed by atoms with Gasteiger partial charge in [0.2, 0.25) is 0 Å². The van der Waals surface area contributed by atoms with E-state index in [-0.39, 0.29) is 4.90 Å². The van der Waals surface area contributed by atoms with Crippen LogP contribution in [-0.2, 0) is 11.0 Å². The molecule has 3 rings (SSSR count). The van der Waals surface area contributed by atoms with Crippen LogP contribution >= 0.6 is 0 Å². The van der Waals surface area contributed by atoms with Crippen LogP contribution in [0.1, 0.15) is 32.3 Å². The van der Waals surface area contributed by atoms with Gasteiger partial charge >= 0.3 is 24.6 Å². The Morgan fingerprint density at radius 2 is 1.47 bits per heavy atom. The number of nitrogens with zero attached hydrogens (tertiary/aromatic N) is 1. The van der Waals surface area contributed by atoms with Crippen molar-refractivity contribution in [2.75, 3.05) is 4.90 Å². The Balaban J connectivity index is 2.38. The molecule has 1 aromatic rings. The van der Waals surface area contributed by atoms with Gasteiger partial charge < -0.3 is 5.32 Å². The number of halogens is 9. The maximum atomic E-state index is 13.9. The minimum absolute atomic E-state index is 0.277. The van der Waals surface area contributed by atoms with E-state index in [1.165, 1.54) is 13.8 Å². The van der Waals surface area contributed by atoms with Crippen LogP contribution in [0, 0.1) is 5.41 Å². The van der Waals surface area contributed by atoms with Crippen molar-refractivity contribution in [2.45, 2.75) is 50.8 Å². The normalized spacial score (nSPS) is 21.4. The highest BCUT2D eigenvalue weighted by molar-refractivity contribution is 6.08. The molecule has 13 heteroatoms. The van der Waals surface area contributed by atoms with E-state index in [9.17, 15) is 49.1 Å². The number of benzene rings is 1. The van der Waals surface area contributed by atoms with Gasteiger partial charge in [-0.3, -0.25) is 9.69 Å². The number of urea groups is 1. The van der Waals surface area contributed by atoms with E-state index in [1.54, 1.807) is 0 Å². The van der Waals surface area contributed by atoms with Crippen molar-refractivity contribution in [3.05, 3.63) is 41.1 Å². The predicted molar refractivity (Wildman–Crippen MR) is 92.3 cm³/mol. The molecule has 0 spiro atoms. The van der Waals surface area contributed by atoms with E-state index in [0.717, 1.165) is 17.4 Å². The maximum Gasteiger partial charge on any atom is 0.425 e. The molecule has 1 aromatic carbocycles. The van der Waals surface area contributed by atoms with Crippen molar-refractivity contribution in [3.63, 3.8) is 0 Å². The molecular weight excluding hydrogens is 459 g/mol. The Morgan fingerprint density at radius 1 is 0.906 bits per heavy atom. The highest BCUT2D eigenvalue weighted by Crippen LogP contribution is 2.55. The minimum atomic E-state index is -6.15. The molecule has 176 valence electrons. The van der Waals surface area contributed by atoms with Gasteiger partial charge in [0.25, 0.3) is 5.54 Å². The Kier molecular flexibility index (Phi) is 5.15. The fourth-order valence-electron chi connectivity index (χ4n) is 3.99. The molecule has 1 aliphatic carbocycles. The number of ketones is 1. The third kappa shape index (κ3) is 3.60. The molecule has 0 atom stereocenters. The molecule has 1 heterocycles. The zero-order valence-electron chi connectivity index (χ0n) is 16.4. The molecular formula is C19H15F9N2O2. The zero-order valence-corrected chi connectivity index (χ0v) is 16.4. The van der Waals surface area contributed by atoms with Crippen molar-refractivity contribution in [1.82, 2.24) is 5.32 Å². The first-order valence-corrected chi connectivity index (χ1v) is 9.02. The summed E-state index contributed by atoms with van der Waals surface area (Å²) >= 11 is 0. The van der Waals surface area contributed by atoms with Crippen LogP contribution in [0.5, 0.6) is 0 Å². The molecule has 0 aromatic heterocycles. The smallest absolute Gasteiger partial charge is 0.312 e. The third-order valence-electron chi connectivity index (χ3n) is 5.28. The van der Waals surface area contributed by atoms with Gasteiger partial charge in [-0.15, -0.1) is 0 Å². The number of Topliss-reactive ketones (excluding diaryl/α,β-unsaturated/α-hetero) is 1. The summed E-state index contributed by atoms with van der Waals surface area (Å²) in [4.78, 5) is 25.5. The molecule has 0 saturated heterocycles. The average molecular weight is 474 g/mol. The van der Waals surface area contributed by atoms with Crippen molar-refractivity contribution < 1.29 is 49.1 Å². The van der Waals surface area contributed by atoms with Crippen molar-refractivity contribution in [3.8, 4) is 0 Å². The number of hydrogen-bond acceptors (Lipinski definition) is 2. The first kappa shape index (κ1) is 23.9. The van der Waals surface area contributed by atoms with E-state index in [0.29, 0.717) is 12.1 Å². The predicted octanol–water partition coefficient (Wildman–Crippen LogP) is 5.74. The first-order chi connectivity index (χ1) is 14.3.